The first kappa shape index (κ1) is 26.4. The maximum atomic E-state index is 13.3. The number of ketones is 1. The standard InChI is InChI=1S/C35H32N4O2/c1-41-33-19-17-27(18-20-33)24-39-26-32(36-37-39)23-28-25-38(22-21-34(28)40)35(29-11-5-2-6-12-29,30-13-7-3-8-14-30)31-15-9-4-10-16-31/h2-20,23,26H,21-22,24-25H2,1H3. The molecule has 6 heteroatoms. The molecule has 0 unspecified atom stereocenters. The number of Topliss-reactive ketones (excluding diaryl/α,β-unsaturated/α-hetero) is 1. The van der Waals surface area contributed by atoms with E-state index < -0.39 is 5.54 Å². The van der Waals surface area contributed by atoms with Crippen molar-refractivity contribution in [1.82, 2.24) is 19.9 Å². The van der Waals surface area contributed by atoms with Crippen LogP contribution in [0.3, 0.4) is 0 Å². The topological polar surface area (TPSA) is 60.2 Å². The van der Waals surface area contributed by atoms with Gasteiger partial charge in [-0.2, -0.15) is 0 Å². The van der Waals surface area contributed by atoms with E-state index >= 15 is 0 Å². The van der Waals surface area contributed by atoms with Crippen molar-refractivity contribution in [3.05, 3.63) is 155 Å². The lowest BCUT2D eigenvalue weighted by Gasteiger charge is -2.47. The quantitative estimate of drug-likeness (QED) is 0.179. The van der Waals surface area contributed by atoms with Crippen LogP contribution in [0.4, 0.5) is 0 Å². The van der Waals surface area contributed by atoms with E-state index in [1.54, 1.807) is 11.8 Å². The second-order valence-electron chi connectivity index (χ2n) is 10.3. The molecule has 0 spiro atoms. The predicted octanol–water partition coefficient (Wildman–Crippen LogP) is 5.99. The first-order chi connectivity index (χ1) is 20.2. The number of piperidine rings is 1. The molecule has 5 aromatic rings. The van der Waals surface area contributed by atoms with Crippen LogP contribution in [0.2, 0.25) is 0 Å². The third-order valence-corrected chi connectivity index (χ3v) is 7.76. The summed E-state index contributed by atoms with van der Waals surface area (Å²) in [6.45, 7) is 1.71. The molecule has 41 heavy (non-hydrogen) atoms. The summed E-state index contributed by atoms with van der Waals surface area (Å²) in [6.07, 6.45) is 4.22. The number of hydrogen-bond donors (Lipinski definition) is 0. The summed E-state index contributed by atoms with van der Waals surface area (Å²) >= 11 is 0. The summed E-state index contributed by atoms with van der Waals surface area (Å²) in [5.74, 6) is 0.963. The Balaban J connectivity index is 1.37. The fourth-order valence-electron chi connectivity index (χ4n) is 5.82. The number of aromatic nitrogens is 3. The van der Waals surface area contributed by atoms with Crippen LogP contribution in [0.25, 0.3) is 6.08 Å². The van der Waals surface area contributed by atoms with Crippen molar-refractivity contribution >= 4 is 11.9 Å². The maximum Gasteiger partial charge on any atom is 0.161 e. The van der Waals surface area contributed by atoms with Gasteiger partial charge >= 0.3 is 0 Å². The number of likely N-dealkylation sites (tertiary alicyclic amines) is 1. The Morgan fingerprint density at radius 1 is 0.805 bits per heavy atom. The highest BCUT2D eigenvalue weighted by Crippen LogP contribution is 2.44. The number of carbonyl (C=O) groups is 1. The Morgan fingerprint density at radius 3 is 1.90 bits per heavy atom. The number of hydrogen-bond acceptors (Lipinski definition) is 5. The van der Waals surface area contributed by atoms with Gasteiger partial charge in [0.25, 0.3) is 0 Å². The van der Waals surface area contributed by atoms with Gasteiger partial charge < -0.3 is 4.74 Å². The van der Waals surface area contributed by atoms with Crippen molar-refractivity contribution in [3.8, 4) is 5.75 Å². The van der Waals surface area contributed by atoms with Gasteiger partial charge in [0.15, 0.2) is 5.78 Å². The van der Waals surface area contributed by atoms with Crippen molar-refractivity contribution in [2.45, 2.75) is 18.5 Å². The zero-order chi connectivity index (χ0) is 28.1. The van der Waals surface area contributed by atoms with E-state index in [-0.39, 0.29) is 5.78 Å². The molecule has 1 aliphatic heterocycles. The van der Waals surface area contributed by atoms with E-state index in [0.717, 1.165) is 33.6 Å². The fraction of sp³-hybridized carbons (Fsp3) is 0.171. The molecule has 0 amide bonds. The number of nitrogens with zero attached hydrogens (tertiary/aromatic N) is 4. The van der Waals surface area contributed by atoms with Crippen LogP contribution in [0.15, 0.2) is 127 Å². The molecule has 1 saturated heterocycles. The predicted molar refractivity (Wildman–Crippen MR) is 160 cm³/mol. The number of rotatable bonds is 8. The number of ether oxygens (including phenoxy) is 1. The van der Waals surface area contributed by atoms with Gasteiger partial charge in [0, 0.05) is 25.1 Å². The first-order valence-electron chi connectivity index (χ1n) is 13.9. The highest BCUT2D eigenvalue weighted by molar-refractivity contribution is 6.00. The van der Waals surface area contributed by atoms with Gasteiger partial charge in [-0.1, -0.05) is 108 Å². The van der Waals surface area contributed by atoms with Crippen molar-refractivity contribution < 1.29 is 9.53 Å². The Morgan fingerprint density at radius 2 is 1.37 bits per heavy atom. The molecule has 0 radical (unpaired) electrons. The number of benzene rings is 4. The minimum Gasteiger partial charge on any atom is -0.497 e. The van der Waals surface area contributed by atoms with Gasteiger partial charge in [0.05, 0.1) is 25.4 Å². The third-order valence-electron chi connectivity index (χ3n) is 7.76. The molecule has 0 bridgehead atoms. The lowest BCUT2D eigenvalue weighted by molar-refractivity contribution is -0.117. The average molecular weight is 541 g/mol. The summed E-state index contributed by atoms with van der Waals surface area (Å²) in [5, 5.41) is 8.70. The van der Waals surface area contributed by atoms with Gasteiger partial charge in [-0.3, -0.25) is 9.69 Å². The molecule has 6 rings (SSSR count). The van der Waals surface area contributed by atoms with Crippen LogP contribution < -0.4 is 4.74 Å². The van der Waals surface area contributed by atoms with E-state index in [1.807, 2.05) is 54.7 Å². The average Bonchev–Trinajstić information content (AvgIpc) is 3.47. The van der Waals surface area contributed by atoms with Gasteiger partial charge in [-0.05, 0) is 40.5 Å². The van der Waals surface area contributed by atoms with E-state index in [0.29, 0.717) is 31.7 Å². The van der Waals surface area contributed by atoms with Crippen molar-refractivity contribution in [2.75, 3.05) is 20.2 Å². The van der Waals surface area contributed by atoms with E-state index in [9.17, 15) is 4.79 Å². The zero-order valence-electron chi connectivity index (χ0n) is 23.1. The second-order valence-corrected chi connectivity index (χ2v) is 10.3. The molecule has 1 aliphatic rings. The van der Waals surface area contributed by atoms with Gasteiger partial charge in [0.1, 0.15) is 11.4 Å². The zero-order valence-corrected chi connectivity index (χ0v) is 23.1. The highest BCUT2D eigenvalue weighted by Gasteiger charge is 2.44. The van der Waals surface area contributed by atoms with E-state index in [1.165, 1.54) is 0 Å². The molecule has 6 nitrogen and oxygen atoms in total. The third kappa shape index (κ3) is 5.34. The van der Waals surface area contributed by atoms with Crippen LogP contribution in [-0.2, 0) is 16.9 Å². The minimum atomic E-state index is -0.574. The highest BCUT2D eigenvalue weighted by atomic mass is 16.5. The monoisotopic (exact) mass is 540 g/mol. The Labute approximate surface area is 240 Å². The summed E-state index contributed by atoms with van der Waals surface area (Å²) in [7, 11) is 1.66. The lowest BCUT2D eigenvalue weighted by Crippen LogP contribution is -2.52. The molecule has 204 valence electrons. The van der Waals surface area contributed by atoms with Crippen LogP contribution >= 0.6 is 0 Å². The Bertz CT molecular complexity index is 1530. The van der Waals surface area contributed by atoms with Gasteiger partial charge in [-0.25, -0.2) is 4.68 Å². The Hall–Kier alpha value is -4.81. The first-order valence-corrected chi connectivity index (χ1v) is 13.9. The molecule has 0 saturated carbocycles. The summed E-state index contributed by atoms with van der Waals surface area (Å²) in [6, 6.07) is 39.7. The Kier molecular flexibility index (Phi) is 7.56. The molecule has 2 heterocycles. The molecule has 0 atom stereocenters. The summed E-state index contributed by atoms with van der Waals surface area (Å²) in [4.78, 5) is 15.7. The molecule has 0 N–H and O–H groups in total. The van der Waals surface area contributed by atoms with Crippen LogP contribution in [0, 0.1) is 0 Å². The molecular weight excluding hydrogens is 508 g/mol. The van der Waals surface area contributed by atoms with E-state index in [2.05, 4.69) is 88.0 Å². The largest absolute Gasteiger partial charge is 0.497 e. The molecule has 1 aromatic heterocycles. The summed E-state index contributed by atoms with van der Waals surface area (Å²) in [5.41, 5.74) is 5.42. The minimum absolute atomic E-state index is 0.147. The van der Waals surface area contributed by atoms with Crippen LogP contribution in [0.5, 0.6) is 5.75 Å². The molecular formula is C35H32N4O2. The molecule has 4 aromatic carbocycles. The van der Waals surface area contributed by atoms with Crippen molar-refractivity contribution in [2.24, 2.45) is 0 Å². The fourth-order valence-corrected chi connectivity index (χ4v) is 5.82. The van der Waals surface area contributed by atoms with Crippen molar-refractivity contribution in [1.29, 1.82) is 0 Å². The number of methoxy groups -OCH3 is 1. The maximum absolute atomic E-state index is 13.3. The molecule has 0 aliphatic carbocycles. The van der Waals surface area contributed by atoms with Crippen LogP contribution in [-0.4, -0.2) is 45.9 Å². The summed E-state index contributed by atoms with van der Waals surface area (Å²) < 4.78 is 7.05. The second kappa shape index (κ2) is 11.7. The van der Waals surface area contributed by atoms with Gasteiger partial charge in [0.2, 0.25) is 0 Å². The smallest absolute Gasteiger partial charge is 0.161 e. The SMILES string of the molecule is COc1ccc(Cn2cc(C=C3CN(C(c4ccccc4)(c4ccccc4)c4ccccc4)CCC3=O)nn2)cc1. The lowest BCUT2D eigenvalue weighted by atomic mass is 9.74. The van der Waals surface area contributed by atoms with Crippen LogP contribution in [0.1, 0.15) is 34.4 Å². The normalized spacial score (nSPS) is 15.2. The number of carbonyl (C=O) groups excluding carboxylic acids is 1. The van der Waals surface area contributed by atoms with Crippen molar-refractivity contribution in [3.63, 3.8) is 0 Å². The van der Waals surface area contributed by atoms with E-state index in [4.69, 9.17) is 4.74 Å². The van der Waals surface area contributed by atoms with Gasteiger partial charge in [-0.15, -0.1) is 5.10 Å². The molecule has 1 fully saturated rings.